The minimum absolute atomic E-state index is 0.0955. The van der Waals surface area contributed by atoms with Gasteiger partial charge in [0.15, 0.2) is 5.82 Å². The Hall–Kier alpha value is -4.45. The molecule has 0 spiro atoms. The maximum Gasteiger partial charge on any atom is 0.252 e. The van der Waals surface area contributed by atoms with Gasteiger partial charge in [-0.25, -0.2) is 14.4 Å². The Morgan fingerprint density at radius 3 is 2.73 bits per heavy atom. The van der Waals surface area contributed by atoms with Gasteiger partial charge >= 0.3 is 0 Å². The lowest BCUT2D eigenvalue weighted by Crippen LogP contribution is -2.24. The van der Waals surface area contributed by atoms with Crippen molar-refractivity contribution in [3.8, 4) is 28.1 Å². The molecular weight excluding hydrogens is 504 g/mol. The van der Waals surface area contributed by atoms with E-state index in [1.165, 1.54) is 29.3 Å². The van der Waals surface area contributed by atoms with Crippen molar-refractivity contribution in [1.29, 1.82) is 0 Å². The van der Waals surface area contributed by atoms with Gasteiger partial charge in [-0.05, 0) is 58.7 Å². The number of H-pyrrole nitrogens is 1. The molecule has 1 aliphatic rings. The maximum atomic E-state index is 15.3. The predicted molar refractivity (Wildman–Crippen MR) is 131 cm³/mol. The first kappa shape index (κ1) is 23.0. The van der Waals surface area contributed by atoms with Crippen LogP contribution < -0.4 is 11.3 Å². The molecule has 0 aliphatic carbocycles. The summed E-state index contributed by atoms with van der Waals surface area (Å²) in [6.07, 6.45) is 3.26. The van der Waals surface area contributed by atoms with Gasteiger partial charge < -0.3 is 15.3 Å². The van der Waals surface area contributed by atoms with Crippen molar-refractivity contribution >= 4 is 17.4 Å². The third-order valence-corrected chi connectivity index (χ3v) is 6.81. The van der Waals surface area contributed by atoms with E-state index in [1.807, 2.05) is 6.92 Å². The number of imidazole rings is 1. The zero-order valence-electron chi connectivity index (χ0n) is 19.2. The smallest absolute Gasteiger partial charge is 0.252 e. The zero-order valence-corrected chi connectivity index (χ0v) is 20.0. The SMILES string of the molecule is C[C@H]1C[C@@H](c2nc(F)c(-c3ccc(N)nc3)[nH]2)n2c1cc(-c1c(-n3cnnn3)ccc(Cl)c1F)cc2=O. The lowest BCUT2D eigenvalue weighted by Gasteiger charge is -2.15. The average Bonchev–Trinajstić information content (AvgIpc) is 3.61. The van der Waals surface area contributed by atoms with Crippen LogP contribution in [0.3, 0.4) is 0 Å². The number of rotatable bonds is 4. The molecule has 0 radical (unpaired) electrons. The molecule has 4 aromatic heterocycles. The summed E-state index contributed by atoms with van der Waals surface area (Å²) in [5, 5.41) is 11.0. The van der Waals surface area contributed by atoms with E-state index in [0.29, 0.717) is 40.6 Å². The lowest BCUT2D eigenvalue weighted by atomic mass is 9.99. The second-order valence-electron chi connectivity index (χ2n) is 8.80. The summed E-state index contributed by atoms with van der Waals surface area (Å²) in [5.41, 5.74) is 7.27. The number of halogens is 3. The molecule has 0 saturated heterocycles. The van der Waals surface area contributed by atoms with Crippen LogP contribution in [0, 0.1) is 11.8 Å². The van der Waals surface area contributed by atoms with Crippen molar-refractivity contribution in [3.05, 3.63) is 87.6 Å². The van der Waals surface area contributed by atoms with Crippen molar-refractivity contribution in [3.63, 3.8) is 0 Å². The lowest BCUT2D eigenvalue weighted by molar-refractivity contribution is 0.538. The molecule has 1 aliphatic heterocycles. The van der Waals surface area contributed by atoms with Crippen LogP contribution in [0.15, 0.2) is 53.7 Å². The molecule has 0 amide bonds. The fourth-order valence-corrected chi connectivity index (χ4v) is 4.96. The maximum absolute atomic E-state index is 15.3. The highest BCUT2D eigenvalue weighted by molar-refractivity contribution is 6.31. The topological polar surface area (TPSA) is 133 Å². The van der Waals surface area contributed by atoms with Crippen LogP contribution in [0.5, 0.6) is 0 Å². The Morgan fingerprint density at radius 1 is 1.16 bits per heavy atom. The minimum Gasteiger partial charge on any atom is -0.384 e. The van der Waals surface area contributed by atoms with Crippen molar-refractivity contribution in [1.82, 2.24) is 39.7 Å². The molecule has 0 unspecified atom stereocenters. The molecule has 0 saturated carbocycles. The quantitative estimate of drug-likeness (QED) is 0.366. The molecular formula is C24H18ClF2N9O. The van der Waals surface area contributed by atoms with Crippen LogP contribution in [0.2, 0.25) is 5.02 Å². The third-order valence-electron chi connectivity index (χ3n) is 6.52. The summed E-state index contributed by atoms with van der Waals surface area (Å²) in [6, 6.07) is 8.68. The Labute approximate surface area is 212 Å². The summed E-state index contributed by atoms with van der Waals surface area (Å²) < 4.78 is 33.0. The summed E-state index contributed by atoms with van der Waals surface area (Å²) in [6.45, 7) is 1.94. The number of benzene rings is 1. The first-order valence-corrected chi connectivity index (χ1v) is 11.6. The highest BCUT2D eigenvalue weighted by Gasteiger charge is 2.34. The van der Waals surface area contributed by atoms with Crippen LogP contribution in [-0.4, -0.2) is 39.7 Å². The van der Waals surface area contributed by atoms with E-state index < -0.39 is 23.4 Å². The molecule has 186 valence electrons. The Kier molecular flexibility index (Phi) is 5.33. The normalized spacial score (nSPS) is 16.8. The van der Waals surface area contributed by atoms with Crippen molar-refractivity contribution in [2.24, 2.45) is 0 Å². The van der Waals surface area contributed by atoms with Crippen LogP contribution in [0.25, 0.3) is 28.1 Å². The number of pyridine rings is 2. The zero-order chi connectivity index (χ0) is 25.8. The van der Waals surface area contributed by atoms with Gasteiger partial charge in [0.1, 0.15) is 23.7 Å². The monoisotopic (exact) mass is 521 g/mol. The molecule has 13 heteroatoms. The second kappa shape index (κ2) is 8.59. The van der Waals surface area contributed by atoms with E-state index in [9.17, 15) is 9.18 Å². The summed E-state index contributed by atoms with van der Waals surface area (Å²) in [7, 11) is 0. The number of anilines is 1. The van der Waals surface area contributed by atoms with E-state index in [2.05, 4.69) is 30.5 Å². The van der Waals surface area contributed by atoms with E-state index in [1.54, 1.807) is 28.8 Å². The molecule has 0 bridgehead atoms. The van der Waals surface area contributed by atoms with E-state index >= 15 is 4.39 Å². The van der Waals surface area contributed by atoms with E-state index in [0.717, 1.165) is 0 Å². The Balaban J connectivity index is 1.46. The van der Waals surface area contributed by atoms with Crippen LogP contribution in [-0.2, 0) is 0 Å². The van der Waals surface area contributed by atoms with Crippen LogP contribution in [0.1, 0.15) is 36.8 Å². The van der Waals surface area contributed by atoms with E-state index in [-0.39, 0.29) is 22.2 Å². The number of aromatic nitrogens is 8. The van der Waals surface area contributed by atoms with Crippen molar-refractivity contribution in [2.75, 3.05) is 5.73 Å². The molecule has 0 fully saturated rings. The largest absolute Gasteiger partial charge is 0.384 e. The molecule has 6 rings (SSSR count). The fraction of sp³-hybridized carbons (Fsp3) is 0.167. The molecule has 5 heterocycles. The standard InChI is InChI=1S/C24H18ClF2N9O/c1-11-6-17(24-31-22(23(27)32-24)12-2-5-18(28)29-9-12)36-16(11)7-13(8-19(36)37)20-15(35-10-30-33-34-35)4-3-14(25)21(20)26/h2-5,7-11,17H,6H2,1H3,(H2,28,29)(H,31,32)/t11-,17-/m0/s1. The predicted octanol–water partition coefficient (Wildman–Crippen LogP) is 3.89. The number of fused-ring (bicyclic) bond motifs is 1. The summed E-state index contributed by atoms with van der Waals surface area (Å²) in [4.78, 5) is 24.5. The van der Waals surface area contributed by atoms with Gasteiger partial charge in [-0.1, -0.05) is 18.5 Å². The van der Waals surface area contributed by atoms with Gasteiger partial charge in [-0.2, -0.15) is 9.07 Å². The van der Waals surface area contributed by atoms with Crippen molar-refractivity contribution in [2.45, 2.75) is 25.3 Å². The van der Waals surface area contributed by atoms with Gasteiger partial charge in [0.2, 0.25) is 5.95 Å². The number of nitrogen functional groups attached to an aromatic ring is 1. The molecule has 37 heavy (non-hydrogen) atoms. The third kappa shape index (κ3) is 3.76. The van der Waals surface area contributed by atoms with Gasteiger partial charge in [-0.15, -0.1) is 5.10 Å². The van der Waals surface area contributed by atoms with Gasteiger partial charge in [0, 0.05) is 29.1 Å². The summed E-state index contributed by atoms with van der Waals surface area (Å²) >= 11 is 6.08. The van der Waals surface area contributed by atoms with Crippen molar-refractivity contribution < 1.29 is 8.78 Å². The number of nitrogens with one attached hydrogen (secondary N) is 1. The number of tetrazole rings is 1. The molecule has 5 aromatic rings. The van der Waals surface area contributed by atoms with E-state index in [4.69, 9.17) is 17.3 Å². The number of hydrogen-bond acceptors (Lipinski definition) is 7. The van der Waals surface area contributed by atoms with Gasteiger partial charge in [0.25, 0.3) is 5.56 Å². The second-order valence-corrected chi connectivity index (χ2v) is 9.21. The molecule has 10 nitrogen and oxygen atoms in total. The number of aromatic amines is 1. The number of nitrogens with zero attached hydrogens (tertiary/aromatic N) is 7. The first-order chi connectivity index (χ1) is 17.8. The highest BCUT2D eigenvalue weighted by Crippen LogP contribution is 2.41. The van der Waals surface area contributed by atoms with Gasteiger partial charge in [-0.3, -0.25) is 4.79 Å². The highest BCUT2D eigenvalue weighted by atomic mass is 35.5. The van der Waals surface area contributed by atoms with Crippen LogP contribution >= 0.6 is 11.6 Å². The summed E-state index contributed by atoms with van der Waals surface area (Å²) in [5.74, 6) is -0.904. The minimum atomic E-state index is -0.709. The fourth-order valence-electron chi connectivity index (χ4n) is 4.80. The first-order valence-electron chi connectivity index (χ1n) is 11.3. The number of nitrogens with two attached hydrogens (primary N) is 1. The van der Waals surface area contributed by atoms with Crippen LogP contribution in [0.4, 0.5) is 14.6 Å². The Bertz CT molecular complexity index is 1700. The molecule has 3 N–H and O–H groups in total. The molecule has 1 aromatic carbocycles. The Morgan fingerprint density at radius 2 is 2.00 bits per heavy atom. The number of hydrogen-bond donors (Lipinski definition) is 2. The molecule has 2 atom stereocenters. The average molecular weight is 522 g/mol. The van der Waals surface area contributed by atoms with Gasteiger partial charge in [0.05, 0.1) is 16.8 Å².